The Morgan fingerprint density at radius 1 is 1.33 bits per heavy atom. The lowest BCUT2D eigenvalue weighted by atomic mass is 10.1. The molecule has 2 N–H and O–H groups in total. The molecule has 5 nitrogen and oxygen atoms in total. The summed E-state index contributed by atoms with van der Waals surface area (Å²) in [5.41, 5.74) is 0.543. The topological polar surface area (TPSA) is 67.4 Å². The van der Waals surface area contributed by atoms with E-state index in [1.165, 1.54) is 18.2 Å². The highest BCUT2D eigenvalue weighted by Crippen LogP contribution is 2.23. The maximum atomic E-state index is 12.1. The summed E-state index contributed by atoms with van der Waals surface area (Å²) in [7, 11) is 0. The Kier molecular flexibility index (Phi) is 4.46. The minimum atomic E-state index is -4.74. The molecule has 1 aliphatic heterocycles. The predicted octanol–water partition coefficient (Wildman–Crippen LogP) is 1.48. The second-order valence-electron chi connectivity index (χ2n) is 4.58. The van der Waals surface area contributed by atoms with Crippen molar-refractivity contribution in [2.75, 3.05) is 0 Å². The number of hydrogen-bond donors (Lipinski definition) is 2. The van der Waals surface area contributed by atoms with Crippen LogP contribution in [0.15, 0.2) is 24.3 Å². The molecule has 2 rings (SSSR count). The van der Waals surface area contributed by atoms with Gasteiger partial charge in [-0.1, -0.05) is 12.1 Å². The number of rotatable bonds is 4. The number of carbonyl (C=O) groups is 2. The molecule has 1 aromatic rings. The Hall–Kier alpha value is -2.09. The Bertz CT molecular complexity index is 546. The third-order valence-corrected chi connectivity index (χ3v) is 2.92. The number of alkyl halides is 3. The van der Waals surface area contributed by atoms with Gasteiger partial charge in [-0.3, -0.25) is 14.9 Å². The molecule has 0 aliphatic carbocycles. The molecule has 114 valence electrons. The van der Waals surface area contributed by atoms with Gasteiger partial charge in [0, 0.05) is 13.0 Å². The average Bonchev–Trinajstić information content (AvgIpc) is 2.36. The third kappa shape index (κ3) is 4.75. The number of amides is 2. The van der Waals surface area contributed by atoms with E-state index in [0.717, 1.165) is 0 Å². The smallest absolute Gasteiger partial charge is 0.406 e. The van der Waals surface area contributed by atoms with Crippen molar-refractivity contribution in [3.05, 3.63) is 29.8 Å². The molecule has 2 amide bonds. The van der Waals surface area contributed by atoms with Crippen molar-refractivity contribution in [1.82, 2.24) is 10.6 Å². The summed E-state index contributed by atoms with van der Waals surface area (Å²) in [5, 5.41) is 5.09. The Labute approximate surface area is 118 Å². The van der Waals surface area contributed by atoms with Gasteiger partial charge in [0.15, 0.2) is 0 Å². The lowest BCUT2D eigenvalue weighted by Gasteiger charge is -2.22. The summed E-state index contributed by atoms with van der Waals surface area (Å²) < 4.78 is 40.2. The monoisotopic (exact) mass is 302 g/mol. The quantitative estimate of drug-likeness (QED) is 0.827. The Morgan fingerprint density at radius 2 is 2.10 bits per heavy atom. The molecule has 0 radical (unpaired) electrons. The molecule has 1 unspecified atom stereocenters. The molecule has 0 bridgehead atoms. The highest BCUT2D eigenvalue weighted by Gasteiger charge is 2.31. The van der Waals surface area contributed by atoms with E-state index in [1.807, 2.05) is 0 Å². The zero-order valence-corrected chi connectivity index (χ0v) is 10.9. The average molecular weight is 302 g/mol. The lowest BCUT2D eigenvalue weighted by Crippen LogP contribution is -2.50. The third-order valence-electron chi connectivity index (χ3n) is 2.92. The molecule has 1 fully saturated rings. The highest BCUT2D eigenvalue weighted by molar-refractivity contribution is 6.00. The van der Waals surface area contributed by atoms with Crippen LogP contribution in [-0.4, -0.2) is 24.2 Å². The number of imide groups is 1. The number of ether oxygens (including phenoxy) is 1. The lowest BCUT2D eigenvalue weighted by molar-refractivity contribution is -0.274. The molecule has 0 spiro atoms. The zero-order chi connectivity index (χ0) is 15.5. The van der Waals surface area contributed by atoms with Crippen LogP contribution >= 0.6 is 0 Å². The number of hydrogen-bond acceptors (Lipinski definition) is 4. The van der Waals surface area contributed by atoms with Gasteiger partial charge in [-0.05, 0) is 24.1 Å². The number of carbonyl (C=O) groups excluding carboxylic acids is 2. The first kappa shape index (κ1) is 15.3. The van der Waals surface area contributed by atoms with E-state index >= 15 is 0 Å². The minimum Gasteiger partial charge on any atom is -0.406 e. The molecule has 1 atom stereocenters. The first-order valence-electron chi connectivity index (χ1n) is 6.25. The highest BCUT2D eigenvalue weighted by atomic mass is 19.4. The van der Waals surface area contributed by atoms with Crippen molar-refractivity contribution in [1.29, 1.82) is 0 Å². The Balaban J connectivity index is 1.93. The van der Waals surface area contributed by atoms with Crippen LogP contribution < -0.4 is 15.4 Å². The molecule has 0 saturated carbocycles. The Morgan fingerprint density at radius 3 is 2.76 bits per heavy atom. The van der Waals surface area contributed by atoms with Gasteiger partial charge >= 0.3 is 6.36 Å². The summed E-state index contributed by atoms with van der Waals surface area (Å²) in [5.74, 6) is -1.06. The largest absolute Gasteiger partial charge is 0.573 e. The van der Waals surface area contributed by atoms with E-state index in [0.29, 0.717) is 12.0 Å². The van der Waals surface area contributed by atoms with Gasteiger partial charge in [-0.2, -0.15) is 0 Å². The first-order valence-corrected chi connectivity index (χ1v) is 6.25. The molecular weight excluding hydrogens is 289 g/mol. The fraction of sp³-hybridized carbons (Fsp3) is 0.385. The van der Waals surface area contributed by atoms with Gasteiger partial charge < -0.3 is 10.1 Å². The van der Waals surface area contributed by atoms with Gasteiger partial charge in [0.1, 0.15) is 5.75 Å². The molecule has 1 saturated heterocycles. The van der Waals surface area contributed by atoms with Crippen molar-refractivity contribution >= 4 is 11.8 Å². The van der Waals surface area contributed by atoms with Crippen LogP contribution in [0.25, 0.3) is 0 Å². The molecule has 1 aromatic carbocycles. The van der Waals surface area contributed by atoms with Crippen molar-refractivity contribution < 1.29 is 27.5 Å². The van der Waals surface area contributed by atoms with Crippen LogP contribution in [-0.2, 0) is 16.1 Å². The van der Waals surface area contributed by atoms with Crippen LogP contribution in [0.4, 0.5) is 13.2 Å². The van der Waals surface area contributed by atoms with Crippen molar-refractivity contribution in [2.45, 2.75) is 31.8 Å². The summed E-state index contributed by atoms with van der Waals surface area (Å²) in [6.07, 6.45) is -4.14. The van der Waals surface area contributed by atoms with E-state index < -0.39 is 18.3 Å². The zero-order valence-electron chi connectivity index (χ0n) is 10.9. The minimum absolute atomic E-state index is 0.196. The second kappa shape index (κ2) is 6.13. The van der Waals surface area contributed by atoms with E-state index in [1.54, 1.807) is 6.07 Å². The standard InChI is InChI=1S/C13H13F3N2O3/c14-13(15,16)21-9-3-1-2-8(6-9)7-17-10-4-5-11(19)18-12(10)20/h1-3,6,10,17H,4-5,7H2,(H,18,19,20). The van der Waals surface area contributed by atoms with E-state index in [2.05, 4.69) is 15.4 Å². The van der Waals surface area contributed by atoms with Crippen LogP contribution in [0.2, 0.25) is 0 Å². The molecule has 21 heavy (non-hydrogen) atoms. The molecule has 1 aliphatic rings. The SMILES string of the molecule is O=C1CCC(NCc2cccc(OC(F)(F)F)c2)C(=O)N1. The van der Waals surface area contributed by atoms with Gasteiger partial charge in [0.05, 0.1) is 6.04 Å². The van der Waals surface area contributed by atoms with Crippen LogP contribution in [0, 0.1) is 0 Å². The van der Waals surface area contributed by atoms with Gasteiger partial charge in [-0.25, -0.2) is 0 Å². The number of halogens is 3. The normalized spacial score (nSPS) is 19.3. The fourth-order valence-corrected chi connectivity index (χ4v) is 1.98. The summed E-state index contributed by atoms with van der Waals surface area (Å²) in [6.45, 7) is 0.196. The van der Waals surface area contributed by atoms with E-state index in [4.69, 9.17) is 0 Å². The number of piperidine rings is 1. The fourth-order valence-electron chi connectivity index (χ4n) is 1.98. The summed E-state index contributed by atoms with van der Waals surface area (Å²) >= 11 is 0. The van der Waals surface area contributed by atoms with Crippen LogP contribution in [0.1, 0.15) is 18.4 Å². The maximum Gasteiger partial charge on any atom is 0.573 e. The molecular formula is C13H13F3N2O3. The first-order chi connectivity index (χ1) is 9.83. The van der Waals surface area contributed by atoms with Crippen molar-refractivity contribution in [3.63, 3.8) is 0 Å². The van der Waals surface area contributed by atoms with Gasteiger partial charge in [0.2, 0.25) is 11.8 Å². The molecule has 0 aromatic heterocycles. The van der Waals surface area contributed by atoms with Gasteiger partial charge in [0.25, 0.3) is 0 Å². The maximum absolute atomic E-state index is 12.1. The second-order valence-corrected chi connectivity index (χ2v) is 4.58. The van der Waals surface area contributed by atoms with Crippen LogP contribution in [0.3, 0.4) is 0 Å². The van der Waals surface area contributed by atoms with E-state index in [9.17, 15) is 22.8 Å². The summed E-state index contributed by atoms with van der Waals surface area (Å²) in [4.78, 5) is 22.5. The molecule has 8 heteroatoms. The van der Waals surface area contributed by atoms with Crippen LogP contribution in [0.5, 0.6) is 5.75 Å². The van der Waals surface area contributed by atoms with Gasteiger partial charge in [-0.15, -0.1) is 13.2 Å². The molecule has 1 heterocycles. The van der Waals surface area contributed by atoms with E-state index in [-0.39, 0.29) is 24.6 Å². The van der Waals surface area contributed by atoms with Crippen molar-refractivity contribution in [3.8, 4) is 5.75 Å². The number of benzene rings is 1. The predicted molar refractivity (Wildman–Crippen MR) is 66.1 cm³/mol. The number of nitrogens with one attached hydrogen (secondary N) is 2. The summed E-state index contributed by atoms with van der Waals surface area (Å²) in [6, 6.07) is 4.95. The van der Waals surface area contributed by atoms with Crippen molar-refractivity contribution in [2.24, 2.45) is 0 Å².